The van der Waals surface area contributed by atoms with E-state index in [9.17, 15) is 14.7 Å². The first-order valence-corrected chi connectivity index (χ1v) is 8.47. The number of nitrogens with zero attached hydrogens (tertiary/aromatic N) is 2. The van der Waals surface area contributed by atoms with E-state index < -0.39 is 5.97 Å². The number of hydrogen-bond donors (Lipinski definition) is 1. The van der Waals surface area contributed by atoms with Crippen LogP contribution in [0.2, 0.25) is 0 Å². The first-order valence-electron chi connectivity index (χ1n) is 8.47. The minimum Gasteiger partial charge on any atom is -0.478 e. The van der Waals surface area contributed by atoms with E-state index in [0.717, 1.165) is 57.4 Å². The van der Waals surface area contributed by atoms with E-state index in [2.05, 4.69) is 4.90 Å². The van der Waals surface area contributed by atoms with Gasteiger partial charge in [0, 0.05) is 26.2 Å². The summed E-state index contributed by atoms with van der Waals surface area (Å²) >= 11 is 0. The van der Waals surface area contributed by atoms with Gasteiger partial charge >= 0.3 is 5.97 Å². The lowest BCUT2D eigenvalue weighted by Crippen LogP contribution is -2.43. The Hall–Kier alpha value is -1.88. The molecule has 3 rings (SSSR count). The minimum atomic E-state index is -0.887. The van der Waals surface area contributed by atoms with Crippen molar-refractivity contribution in [1.29, 1.82) is 0 Å². The number of likely N-dealkylation sites (tertiary alicyclic amines) is 2. The number of carboxylic acid groups (broad SMARTS) is 1. The number of piperidine rings is 1. The molecule has 2 fully saturated rings. The van der Waals surface area contributed by atoms with Crippen molar-refractivity contribution in [2.45, 2.75) is 32.2 Å². The molecule has 124 valence electrons. The van der Waals surface area contributed by atoms with Crippen LogP contribution >= 0.6 is 0 Å². The second-order valence-corrected chi connectivity index (χ2v) is 6.57. The molecule has 23 heavy (non-hydrogen) atoms. The second kappa shape index (κ2) is 7.13. The van der Waals surface area contributed by atoms with E-state index in [-0.39, 0.29) is 5.92 Å². The highest BCUT2D eigenvalue weighted by molar-refractivity contribution is 5.89. The van der Waals surface area contributed by atoms with Crippen LogP contribution in [-0.2, 0) is 11.3 Å². The van der Waals surface area contributed by atoms with Gasteiger partial charge in [0.05, 0.1) is 11.5 Å². The summed E-state index contributed by atoms with van der Waals surface area (Å²) in [6.07, 6.45) is 4.19. The molecule has 0 unspecified atom stereocenters. The minimum absolute atomic E-state index is 0.0684. The standard InChI is InChI=1S/C18H24N2O3/c21-17(20-10-3-4-11-20)15-7-5-9-19(13-15)12-14-6-1-2-8-16(14)18(22)23/h1-2,6,8,15H,3-5,7,9-13H2,(H,22,23)/t15-/m0/s1. The molecule has 5 nitrogen and oxygen atoms in total. The smallest absolute Gasteiger partial charge is 0.336 e. The van der Waals surface area contributed by atoms with Gasteiger partial charge in [-0.2, -0.15) is 0 Å². The molecule has 2 saturated heterocycles. The molecular weight excluding hydrogens is 292 g/mol. The topological polar surface area (TPSA) is 60.9 Å². The maximum atomic E-state index is 12.6. The van der Waals surface area contributed by atoms with E-state index in [4.69, 9.17) is 0 Å². The summed E-state index contributed by atoms with van der Waals surface area (Å²) in [5, 5.41) is 9.30. The van der Waals surface area contributed by atoms with Gasteiger partial charge < -0.3 is 10.0 Å². The van der Waals surface area contributed by atoms with Crippen LogP contribution in [0.25, 0.3) is 0 Å². The van der Waals surface area contributed by atoms with Crippen molar-refractivity contribution in [2.75, 3.05) is 26.2 Å². The van der Waals surface area contributed by atoms with Crippen molar-refractivity contribution in [3.05, 3.63) is 35.4 Å². The van der Waals surface area contributed by atoms with E-state index in [0.29, 0.717) is 18.0 Å². The Morgan fingerprint density at radius 2 is 1.83 bits per heavy atom. The van der Waals surface area contributed by atoms with Gasteiger partial charge in [-0.15, -0.1) is 0 Å². The Labute approximate surface area is 136 Å². The number of rotatable bonds is 4. The molecule has 2 aliphatic rings. The SMILES string of the molecule is O=C(O)c1ccccc1CN1CCC[C@H](C(=O)N2CCCC2)C1. The first-order chi connectivity index (χ1) is 11.1. The zero-order valence-electron chi connectivity index (χ0n) is 13.4. The molecule has 0 radical (unpaired) electrons. The number of carbonyl (C=O) groups excluding carboxylic acids is 1. The van der Waals surface area contributed by atoms with Crippen LogP contribution < -0.4 is 0 Å². The van der Waals surface area contributed by atoms with E-state index in [1.165, 1.54) is 0 Å². The van der Waals surface area contributed by atoms with Crippen molar-refractivity contribution < 1.29 is 14.7 Å². The quantitative estimate of drug-likeness (QED) is 0.925. The molecule has 5 heteroatoms. The van der Waals surface area contributed by atoms with Crippen molar-refractivity contribution in [1.82, 2.24) is 9.80 Å². The highest BCUT2D eigenvalue weighted by atomic mass is 16.4. The van der Waals surface area contributed by atoms with Gasteiger partial charge in [0.2, 0.25) is 5.91 Å². The highest BCUT2D eigenvalue weighted by Gasteiger charge is 2.30. The lowest BCUT2D eigenvalue weighted by molar-refractivity contribution is -0.136. The summed E-state index contributed by atoms with van der Waals surface area (Å²) in [6, 6.07) is 7.14. The Kier molecular flexibility index (Phi) is 4.96. The van der Waals surface area contributed by atoms with Crippen molar-refractivity contribution >= 4 is 11.9 Å². The van der Waals surface area contributed by atoms with Gasteiger partial charge in [0.15, 0.2) is 0 Å². The van der Waals surface area contributed by atoms with E-state index in [1.54, 1.807) is 12.1 Å². The van der Waals surface area contributed by atoms with Crippen molar-refractivity contribution in [3.63, 3.8) is 0 Å². The summed E-state index contributed by atoms with van der Waals surface area (Å²) in [4.78, 5) is 28.1. The van der Waals surface area contributed by atoms with Crippen LogP contribution in [0.4, 0.5) is 0 Å². The highest BCUT2D eigenvalue weighted by Crippen LogP contribution is 2.23. The predicted molar refractivity (Wildman–Crippen MR) is 87.2 cm³/mol. The first kappa shape index (κ1) is 16.0. The summed E-state index contributed by atoms with van der Waals surface area (Å²) in [5.74, 6) is -0.528. The zero-order valence-corrected chi connectivity index (χ0v) is 13.4. The van der Waals surface area contributed by atoms with Crippen molar-refractivity contribution in [3.8, 4) is 0 Å². The van der Waals surface area contributed by atoms with Gasteiger partial charge in [-0.25, -0.2) is 4.79 Å². The Morgan fingerprint density at radius 3 is 2.57 bits per heavy atom. The Balaban J connectivity index is 1.65. The zero-order chi connectivity index (χ0) is 16.2. The Bertz CT molecular complexity index is 581. The number of benzene rings is 1. The van der Waals surface area contributed by atoms with E-state index in [1.807, 2.05) is 17.0 Å². The third kappa shape index (κ3) is 3.72. The van der Waals surface area contributed by atoms with Gasteiger partial charge in [-0.1, -0.05) is 18.2 Å². The number of hydrogen-bond acceptors (Lipinski definition) is 3. The number of aromatic carboxylic acids is 1. The predicted octanol–water partition coefficient (Wildman–Crippen LogP) is 2.22. The lowest BCUT2D eigenvalue weighted by Gasteiger charge is -2.34. The van der Waals surface area contributed by atoms with Crippen LogP contribution in [0.15, 0.2) is 24.3 Å². The lowest BCUT2D eigenvalue weighted by atomic mass is 9.95. The Morgan fingerprint density at radius 1 is 1.09 bits per heavy atom. The molecule has 1 atom stereocenters. The fraction of sp³-hybridized carbons (Fsp3) is 0.556. The second-order valence-electron chi connectivity index (χ2n) is 6.57. The molecule has 0 aliphatic carbocycles. The maximum absolute atomic E-state index is 12.6. The molecule has 0 saturated carbocycles. The summed E-state index contributed by atoms with van der Waals surface area (Å²) in [6.45, 7) is 4.07. The maximum Gasteiger partial charge on any atom is 0.336 e. The molecule has 2 aliphatic heterocycles. The van der Waals surface area contributed by atoms with Crippen LogP contribution in [-0.4, -0.2) is 53.0 Å². The normalized spacial score (nSPS) is 22.3. The molecule has 0 spiro atoms. The van der Waals surface area contributed by atoms with Crippen LogP contribution in [0.5, 0.6) is 0 Å². The van der Waals surface area contributed by atoms with Gasteiger partial charge in [-0.05, 0) is 43.9 Å². The fourth-order valence-electron chi connectivity index (χ4n) is 3.70. The van der Waals surface area contributed by atoms with E-state index >= 15 is 0 Å². The molecule has 1 N–H and O–H groups in total. The number of amides is 1. The average Bonchev–Trinajstić information content (AvgIpc) is 3.09. The summed E-state index contributed by atoms with van der Waals surface area (Å²) in [5.41, 5.74) is 1.19. The molecule has 1 aromatic rings. The summed E-state index contributed by atoms with van der Waals surface area (Å²) < 4.78 is 0. The molecule has 0 aromatic heterocycles. The van der Waals surface area contributed by atoms with Gasteiger partial charge in [-0.3, -0.25) is 9.69 Å². The largest absolute Gasteiger partial charge is 0.478 e. The molecule has 0 bridgehead atoms. The summed E-state index contributed by atoms with van der Waals surface area (Å²) in [7, 11) is 0. The van der Waals surface area contributed by atoms with Crippen LogP contribution in [0, 0.1) is 5.92 Å². The molecule has 1 aromatic carbocycles. The van der Waals surface area contributed by atoms with Gasteiger partial charge in [0.1, 0.15) is 0 Å². The van der Waals surface area contributed by atoms with Crippen molar-refractivity contribution in [2.24, 2.45) is 5.92 Å². The van der Waals surface area contributed by atoms with Gasteiger partial charge in [0.25, 0.3) is 0 Å². The number of carbonyl (C=O) groups is 2. The number of carboxylic acids is 1. The third-order valence-corrected chi connectivity index (χ3v) is 4.91. The van der Waals surface area contributed by atoms with Crippen LogP contribution in [0.1, 0.15) is 41.6 Å². The monoisotopic (exact) mass is 316 g/mol. The average molecular weight is 316 g/mol. The van der Waals surface area contributed by atoms with Crippen LogP contribution in [0.3, 0.4) is 0 Å². The molecule has 2 heterocycles. The third-order valence-electron chi connectivity index (χ3n) is 4.91. The molecule has 1 amide bonds. The molecular formula is C18H24N2O3. The fourth-order valence-corrected chi connectivity index (χ4v) is 3.70.